The summed E-state index contributed by atoms with van der Waals surface area (Å²) in [5.41, 5.74) is -0.182. The van der Waals surface area contributed by atoms with Gasteiger partial charge in [-0.25, -0.2) is 0 Å². The summed E-state index contributed by atoms with van der Waals surface area (Å²) >= 11 is 0. The number of aliphatic hydroxyl groups is 3. The van der Waals surface area contributed by atoms with Crippen LogP contribution in [0.2, 0.25) is 0 Å². The molecule has 1 heterocycles. The van der Waals surface area contributed by atoms with E-state index in [1.165, 1.54) is 19.3 Å². The molecule has 5 saturated carbocycles. The van der Waals surface area contributed by atoms with E-state index in [0.29, 0.717) is 24.4 Å². The first kappa shape index (κ1) is 24.2. The molecule has 34 heavy (non-hydrogen) atoms. The molecule has 0 radical (unpaired) electrons. The molecule has 6 rings (SSSR count). The molecule has 0 aromatic heterocycles. The van der Waals surface area contributed by atoms with Gasteiger partial charge in [0.15, 0.2) is 0 Å². The van der Waals surface area contributed by atoms with E-state index in [9.17, 15) is 15.3 Å². The summed E-state index contributed by atoms with van der Waals surface area (Å²) in [5, 5.41) is 34.2. The lowest BCUT2D eigenvalue weighted by Crippen LogP contribution is -2.71. The maximum atomic E-state index is 11.7. The Labute approximate surface area is 207 Å². The Kier molecular flexibility index (Phi) is 5.00. The maximum Gasteiger partial charge on any atom is 0.0753 e. The molecule has 6 aliphatic rings. The highest BCUT2D eigenvalue weighted by atomic mass is 16.5. The Morgan fingerprint density at radius 1 is 0.706 bits per heavy atom. The van der Waals surface area contributed by atoms with Crippen molar-refractivity contribution < 1.29 is 20.1 Å². The molecular weight excluding hydrogens is 424 g/mol. The Hall–Kier alpha value is -0.160. The number of hydrogen-bond donors (Lipinski definition) is 3. The van der Waals surface area contributed by atoms with Crippen LogP contribution < -0.4 is 0 Å². The third-order valence-corrected chi connectivity index (χ3v) is 13.9. The molecule has 6 fully saturated rings. The van der Waals surface area contributed by atoms with Gasteiger partial charge in [0, 0.05) is 5.92 Å². The molecule has 0 aromatic carbocycles. The van der Waals surface area contributed by atoms with Crippen LogP contribution in [0.15, 0.2) is 0 Å². The van der Waals surface area contributed by atoms with Gasteiger partial charge in [-0.05, 0) is 104 Å². The maximum absolute atomic E-state index is 11.7. The summed E-state index contributed by atoms with van der Waals surface area (Å²) in [6.07, 6.45) is 9.19. The first-order valence-corrected chi connectivity index (χ1v) is 14.5. The number of fused-ring (bicyclic) bond motifs is 4. The van der Waals surface area contributed by atoms with Crippen molar-refractivity contribution in [2.24, 2.45) is 50.7 Å². The molecule has 194 valence electrons. The zero-order chi connectivity index (χ0) is 24.5. The quantitative estimate of drug-likeness (QED) is 0.481. The predicted molar refractivity (Wildman–Crippen MR) is 133 cm³/mol. The van der Waals surface area contributed by atoms with Crippen molar-refractivity contribution in [3.8, 4) is 0 Å². The minimum Gasteiger partial charge on any atom is -0.393 e. The Morgan fingerprint density at radius 3 is 2.06 bits per heavy atom. The van der Waals surface area contributed by atoms with Gasteiger partial charge in [-0.15, -0.1) is 0 Å². The molecule has 0 unspecified atom stereocenters. The van der Waals surface area contributed by atoms with Crippen molar-refractivity contribution in [2.75, 3.05) is 6.61 Å². The minimum atomic E-state index is -0.473. The lowest BCUT2D eigenvalue weighted by Gasteiger charge is -2.71. The molecule has 1 saturated heterocycles. The highest BCUT2D eigenvalue weighted by molar-refractivity contribution is 5.25. The number of hydrogen-bond acceptors (Lipinski definition) is 4. The Balaban J connectivity index is 1.41. The zero-order valence-electron chi connectivity index (χ0n) is 22.6. The summed E-state index contributed by atoms with van der Waals surface area (Å²) in [5.74, 6) is 1.78. The van der Waals surface area contributed by atoms with Crippen LogP contribution in [0.25, 0.3) is 0 Å². The van der Waals surface area contributed by atoms with Gasteiger partial charge in [-0.1, -0.05) is 41.5 Å². The van der Waals surface area contributed by atoms with Gasteiger partial charge in [-0.2, -0.15) is 0 Å². The van der Waals surface area contributed by atoms with Gasteiger partial charge in [-0.3, -0.25) is 0 Å². The molecule has 1 aliphatic heterocycles. The normalized spacial score (nSPS) is 62.2. The Morgan fingerprint density at radius 2 is 1.35 bits per heavy atom. The van der Waals surface area contributed by atoms with Crippen molar-refractivity contribution >= 4 is 0 Å². The van der Waals surface area contributed by atoms with Crippen LogP contribution in [-0.4, -0.2) is 45.8 Å². The summed E-state index contributed by atoms with van der Waals surface area (Å²) in [4.78, 5) is 0. The van der Waals surface area contributed by atoms with E-state index >= 15 is 0 Å². The molecule has 1 spiro atoms. The molecule has 4 heteroatoms. The fourth-order valence-corrected chi connectivity index (χ4v) is 12.1. The van der Waals surface area contributed by atoms with Crippen molar-refractivity contribution in [2.45, 2.75) is 130 Å². The minimum absolute atomic E-state index is 0.00601. The van der Waals surface area contributed by atoms with E-state index < -0.39 is 17.6 Å². The molecule has 3 N–H and O–H groups in total. The molecule has 0 aromatic rings. The van der Waals surface area contributed by atoms with Crippen LogP contribution >= 0.6 is 0 Å². The number of rotatable bonds is 1. The third-order valence-electron chi connectivity index (χ3n) is 13.9. The summed E-state index contributed by atoms with van der Waals surface area (Å²) in [6.45, 7) is 14.9. The fraction of sp³-hybridized carbons (Fsp3) is 1.00. The van der Waals surface area contributed by atoms with Gasteiger partial charge < -0.3 is 20.1 Å². The molecule has 0 amide bonds. The van der Waals surface area contributed by atoms with E-state index in [-0.39, 0.29) is 39.3 Å². The summed E-state index contributed by atoms with van der Waals surface area (Å²) < 4.78 is 6.94. The zero-order valence-corrected chi connectivity index (χ0v) is 22.6. The van der Waals surface area contributed by atoms with Gasteiger partial charge >= 0.3 is 0 Å². The first-order chi connectivity index (χ1) is 15.8. The average Bonchev–Trinajstić information content (AvgIpc) is 3.00. The van der Waals surface area contributed by atoms with Crippen molar-refractivity contribution in [3.63, 3.8) is 0 Å². The topological polar surface area (TPSA) is 69.9 Å². The van der Waals surface area contributed by atoms with Crippen molar-refractivity contribution in [1.29, 1.82) is 0 Å². The summed E-state index contributed by atoms with van der Waals surface area (Å²) in [6, 6.07) is 0. The summed E-state index contributed by atoms with van der Waals surface area (Å²) in [7, 11) is 0. The van der Waals surface area contributed by atoms with Crippen LogP contribution in [0.4, 0.5) is 0 Å². The standard InChI is InChI=1S/C30H50O4/c1-7-26(4)18-8-11-28(6)19(27(18,5)12-10-22(26)31)9-13-30-20(28)14-23(32)29(17-34-30)21(30)15-25(2,3)16-24(29)33/h18-24,31-33H,7-17H2,1-6H3/t18-,19-,20+,21+,22+,23-,24+,26+,27+,28-,29+,30-/m1/s1. The molecular formula is C30H50O4. The van der Waals surface area contributed by atoms with Crippen LogP contribution in [0.1, 0.15) is 106 Å². The van der Waals surface area contributed by atoms with Crippen LogP contribution in [0.3, 0.4) is 0 Å². The van der Waals surface area contributed by atoms with E-state index in [2.05, 4.69) is 41.5 Å². The van der Waals surface area contributed by atoms with Gasteiger partial charge in [0.1, 0.15) is 0 Å². The second kappa shape index (κ2) is 7.03. The second-order valence-electron chi connectivity index (χ2n) is 15.4. The smallest absolute Gasteiger partial charge is 0.0753 e. The SMILES string of the molecule is CC[C@@]1(C)[C@H]2CC[C@]3(C)[C@H](CC[C@@]45OC[C@@]6([C@H](O)C[C@@H]34)[C@@H]5CC(C)(C)C[C@@H]6O)[C@@]2(C)CC[C@@H]1O. The first-order valence-electron chi connectivity index (χ1n) is 14.5. The molecule has 12 atom stereocenters. The highest BCUT2D eigenvalue weighted by Gasteiger charge is 2.77. The lowest BCUT2D eigenvalue weighted by molar-refractivity contribution is -0.266. The predicted octanol–water partition coefficient (Wildman–Crippen LogP) is 5.32. The molecule has 4 nitrogen and oxygen atoms in total. The molecule has 2 bridgehead atoms. The number of ether oxygens (including phenoxy) is 1. The Bertz CT molecular complexity index is 857. The van der Waals surface area contributed by atoms with Crippen molar-refractivity contribution in [1.82, 2.24) is 0 Å². The average molecular weight is 475 g/mol. The molecule has 5 aliphatic carbocycles. The van der Waals surface area contributed by atoms with Gasteiger partial charge in [0.25, 0.3) is 0 Å². The van der Waals surface area contributed by atoms with E-state index in [0.717, 1.165) is 44.9 Å². The van der Waals surface area contributed by atoms with Crippen molar-refractivity contribution in [3.05, 3.63) is 0 Å². The van der Waals surface area contributed by atoms with E-state index in [4.69, 9.17) is 4.74 Å². The monoisotopic (exact) mass is 474 g/mol. The fourth-order valence-electron chi connectivity index (χ4n) is 12.1. The lowest BCUT2D eigenvalue weighted by atomic mass is 9.34. The second-order valence-corrected chi connectivity index (χ2v) is 15.4. The van der Waals surface area contributed by atoms with Crippen LogP contribution in [-0.2, 0) is 4.74 Å². The van der Waals surface area contributed by atoms with Gasteiger partial charge in [0.2, 0.25) is 0 Å². The highest BCUT2D eigenvalue weighted by Crippen LogP contribution is 2.76. The largest absolute Gasteiger partial charge is 0.393 e. The van der Waals surface area contributed by atoms with Crippen LogP contribution in [0, 0.1) is 50.7 Å². The van der Waals surface area contributed by atoms with E-state index in [1.807, 2.05) is 0 Å². The van der Waals surface area contributed by atoms with Crippen LogP contribution in [0.5, 0.6) is 0 Å². The number of aliphatic hydroxyl groups excluding tert-OH is 3. The van der Waals surface area contributed by atoms with Gasteiger partial charge in [0.05, 0.1) is 35.9 Å². The third kappa shape index (κ3) is 2.60. The van der Waals surface area contributed by atoms with E-state index in [1.54, 1.807) is 0 Å².